The van der Waals surface area contributed by atoms with E-state index in [0.29, 0.717) is 6.42 Å². The molecule has 0 aliphatic carbocycles. The molecule has 1 rings (SSSR count). The van der Waals surface area contributed by atoms with Crippen molar-refractivity contribution in [3.8, 4) is 0 Å². The predicted octanol–water partition coefficient (Wildman–Crippen LogP) is 1.52. The van der Waals surface area contributed by atoms with Crippen molar-refractivity contribution in [3.05, 3.63) is 48.0 Å². The molecule has 0 heterocycles. The Labute approximate surface area is 108 Å². The summed E-state index contributed by atoms with van der Waals surface area (Å²) >= 11 is 0. The number of allylic oxidation sites excluding steroid dienone is 1. The Morgan fingerprint density at radius 2 is 2.11 bits per heavy atom. The Morgan fingerprint density at radius 1 is 1.44 bits per heavy atom. The molecule has 0 spiro atoms. The molecule has 0 saturated carbocycles. The van der Waals surface area contributed by atoms with Gasteiger partial charge >= 0.3 is 0 Å². The highest BCUT2D eigenvalue weighted by Gasteiger charge is 2.14. The summed E-state index contributed by atoms with van der Waals surface area (Å²) in [5, 5.41) is 9.94. The molecule has 1 aromatic carbocycles. The van der Waals surface area contributed by atoms with Crippen molar-refractivity contribution in [2.45, 2.75) is 19.4 Å². The van der Waals surface area contributed by atoms with Crippen LogP contribution in [0.1, 0.15) is 23.7 Å². The van der Waals surface area contributed by atoms with Gasteiger partial charge in [0, 0.05) is 6.54 Å². The minimum absolute atomic E-state index is 0.00298. The Hall–Kier alpha value is -1.17. The summed E-state index contributed by atoms with van der Waals surface area (Å²) in [6.07, 6.45) is 1.12. The summed E-state index contributed by atoms with van der Waals surface area (Å²) in [4.78, 5) is 0. The van der Waals surface area contributed by atoms with E-state index in [-0.39, 0.29) is 12.3 Å². The lowest BCUT2D eigenvalue weighted by atomic mass is 10.0. The molecule has 0 unspecified atom stereocenters. The Morgan fingerprint density at radius 3 is 2.72 bits per heavy atom. The average Bonchev–Trinajstić information content (AvgIpc) is 2.34. The molecule has 1 atom stereocenters. The van der Waals surface area contributed by atoms with E-state index in [1.807, 2.05) is 25.1 Å². The van der Waals surface area contributed by atoms with Crippen LogP contribution < -0.4 is 4.72 Å². The van der Waals surface area contributed by atoms with Gasteiger partial charge in [-0.2, -0.15) is 0 Å². The number of nitrogens with one attached hydrogen (secondary N) is 1. The quantitative estimate of drug-likeness (QED) is 0.738. The number of aryl methyl sites for hydroxylation is 1. The number of aliphatic hydroxyl groups excluding tert-OH is 1. The maximum atomic E-state index is 11.5. The van der Waals surface area contributed by atoms with Gasteiger partial charge in [0.15, 0.2) is 0 Å². The van der Waals surface area contributed by atoms with E-state index in [4.69, 9.17) is 0 Å². The van der Waals surface area contributed by atoms with Crippen molar-refractivity contribution < 1.29 is 13.5 Å². The van der Waals surface area contributed by atoms with Crippen molar-refractivity contribution in [1.82, 2.24) is 4.72 Å². The number of hydrogen-bond acceptors (Lipinski definition) is 3. The lowest BCUT2D eigenvalue weighted by Crippen LogP contribution is -2.30. The normalized spacial score (nSPS) is 13.2. The van der Waals surface area contributed by atoms with E-state index in [9.17, 15) is 13.5 Å². The summed E-state index contributed by atoms with van der Waals surface area (Å²) in [6.45, 7) is 5.35. The van der Waals surface area contributed by atoms with Crippen LogP contribution in [0.3, 0.4) is 0 Å². The van der Waals surface area contributed by atoms with E-state index in [1.54, 1.807) is 12.1 Å². The molecule has 1 aromatic rings. The van der Waals surface area contributed by atoms with Gasteiger partial charge < -0.3 is 5.11 Å². The van der Waals surface area contributed by atoms with Gasteiger partial charge in [-0.05, 0) is 24.5 Å². The van der Waals surface area contributed by atoms with Gasteiger partial charge in [0.1, 0.15) is 0 Å². The summed E-state index contributed by atoms with van der Waals surface area (Å²) < 4.78 is 25.5. The molecule has 5 heteroatoms. The zero-order valence-corrected chi connectivity index (χ0v) is 11.3. The fourth-order valence-corrected chi connectivity index (χ4v) is 2.62. The van der Waals surface area contributed by atoms with Crippen LogP contribution >= 0.6 is 0 Å². The minimum Gasteiger partial charge on any atom is -0.387 e. The lowest BCUT2D eigenvalue weighted by molar-refractivity contribution is 0.181. The topological polar surface area (TPSA) is 66.4 Å². The van der Waals surface area contributed by atoms with Crippen LogP contribution in [0.2, 0.25) is 0 Å². The molecule has 0 amide bonds. The second-order valence-corrected chi connectivity index (χ2v) is 6.04. The van der Waals surface area contributed by atoms with Gasteiger partial charge in [-0.25, -0.2) is 13.1 Å². The molecule has 100 valence electrons. The molecule has 0 aromatic heterocycles. The molecular weight excluding hydrogens is 250 g/mol. The zero-order valence-electron chi connectivity index (χ0n) is 10.5. The van der Waals surface area contributed by atoms with Crippen LogP contribution in [0.25, 0.3) is 0 Å². The first-order valence-electron chi connectivity index (χ1n) is 5.78. The summed E-state index contributed by atoms with van der Waals surface area (Å²) in [5.74, 6) is -0.00298. The van der Waals surface area contributed by atoms with Crippen molar-refractivity contribution in [2.75, 3.05) is 12.3 Å². The van der Waals surface area contributed by atoms with Crippen LogP contribution in [-0.4, -0.2) is 25.8 Å². The van der Waals surface area contributed by atoms with Gasteiger partial charge in [-0.1, -0.05) is 30.3 Å². The average molecular weight is 269 g/mol. The number of benzene rings is 1. The van der Waals surface area contributed by atoms with Crippen LogP contribution in [-0.2, 0) is 10.0 Å². The monoisotopic (exact) mass is 269 g/mol. The van der Waals surface area contributed by atoms with Crippen molar-refractivity contribution in [2.24, 2.45) is 0 Å². The Bertz CT molecular complexity index is 497. The molecule has 0 aliphatic heterocycles. The molecule has 4 nitrogen and oxygen atoms in total. The molecule has 18 heavy (non-hydrogen) atoms. The molecule has 0 aliphatic rings. The van der Waals surface area contributed by atoms with Crippen molar-refractivity contribution >= 4 is 10.0 Å². The largest absolute Gasteiger partial charge is 0.387 e. The van der Waals surface area contributed by atoms with Crippen molar-refractivity contribution in [3.63, 3.8) is 0 Å². The van der Waals surface area contributed by atoms with Crippen molar-refractivity contribution in [1.29, 1.82) is 0 Å². The Kier molecular flexibility index (Phi) is 5.53. The third-order valence-electron chi connectivity index (χ3n) is 2.63. The van der Waals surface area contributed by atoms with Crippen LogP contribution in [0.5, 0.6) is 0 Å². The van der Waals surface area contributed by atoms with Gasteiger partial charge in [-0.3, -0.25) is 0 Å². The van der Waals surface area contributed by atoms with Gasteiger partial charge in [0.05, 0.1) is 11.9 Å². The van der Waals surface area contributed by atoms with Crippen LogP contribution in [0.15, 0.2) is 36.9 Å². The van der Waals surface area contributed by atoms with Gasteiger partial charge in [0.25, 0.3) is 0 Å². The first kappa shape index (κ1) is 14.9. The van der Waals surface area contributed by atoms with E-state index in [0.717, 1.165) is 11.1 Å². The molecular formula is C13H19NO3S. The van der Waals surface area contributed by atoms with E-state index < -0.39 is 16.1 Å². The highest BCUT2D eigenvalue weighted by Crippen LogP contribution is 2.16. The number of rotatable bonds is 7. The number of hydrogen-bond donors (Lipinski definition) is 2. The lowest BCUT2D eigenvalue weighted by Gasteiger charge is -2.14. The second-order valence-electron chi connectivity index (χ2n) is 4.12. The van der Waals surface area contributed by atoms with E-state index in [1.165, 1.54) is 0 Å². The highest BCUT2D eigenvalue weighted by molar-refractivity contribution is 7.89. The molecule has 0 radical (unpaired) electrons. The first-order chi connectivity index (χ1) is 8.46. The van der Waals surface area contributed by atoms with Gasteiger partial charge in [0.2, 0.25) is 10.0 Å². The second kappa shape index (κ2) is 6.68. The summed E-state index contributed by atoms with van der Waals surface area (Å²) in [6, 6.07) is 7.36. The standard InChI is InChI=1S/C13H19NO3S/c1-3-4-9-18(16,17)14-10-13(15)12-8-6-5-7-11(12)2/h3,5-8,13-15H,1,4,9-10H2,2H3/t13-/m0/s1. The molecule has 0 fully saturated rings. The van der Waals surface area contributed by atoms with Crippen LogP contribution in [0.4, 0.5) is 0 Å². The molecule has 0 bridgehead atoms. The third kappa shape index (κ3) is 4.60. The van der Waals surface area contributed by atoms with E-state index >= 15 is 0 Å². The number of sulfonamides is 1. The maximum absolute atomic E-state index is 11.5. The predicted molar refractivity (Wildman–Crippen MR) is 72.7 cm³/mol. The molecule has 0 saturated heterocycles. The fraction of sp³-hybridized carbons (Fsp3) is 0.385. The highest BCUT2D eigenvalue weighted by atomic mass is 32.2. The fourth-order valence-electron chi connectivity index (χ4n) is 1.59. The maximum Gasteiger partial charge on any atom is 0.211 e. The Balaban J connectivity index is 2.59. The first-order valence-corrected chi connectivity index (χ1v) is 7.43. The third-order valence-corrected chi connectivity index (χ3v) is 4.01. The minimum atomic E-state index is -3.34. The van der Waals surface area contributed by atoms with Crippen LogP contribution in [0, 0.1) is 6.92 Å². The number of aliphatic hydroxyl groups is 1. The SMILES string of the molecule is C=CCCS(=O)(=O)NC[C@H](O)c1ccccc1C. The zero-order chi connectivity index (χ0) is 13.6. The molecule has 2 N–H and O–H groups in total. The van der Waals surface area contributed by atoms with E-state index in [2.05, 4.69) is 11.3 Å². The van der Waals surface area contributed by atoms with Gasteiger partial charge in [-0.15, -0.1) is 6.58 Å². The smallest absolute Gasteiger partial charge is 0.211 e. The summed E-state index contributed by atoms with van der Waals surface area (Å²) in [5.41, 5.74) is 1.68. The summed E-state index contributed by atoms with van der Waals surface area (Å²) in [7, 11) is -3.34.